The van der Waals surface area contributed by atoms with Crippen LogP contribution in [0.2, 0.25) is 0 Å². The molecule has 130 valence electrons. The molecule has 0 spiro atoms. The molecule has 1 saturated heterocycles. The van der Waals surface area contributed by atoms with E-state index in [1.807, 2.05) is 12.1 Å². The monoisotopic (exact) mass is 333 g/mol. The Kier molecular flexibility index (Phi) is 4.94. The summed E-state index contributed by atoms with van der Waals surface area (Å²) in [5, 5.41) is 0. The van der Waals surface area contributed by atoms with E-state index in [4.69, 9.17) is 18.9 Å². The van der Waals surface area contributed by atoms with Crippen LogP contribution in [0.3, 0.4) is 0 Å². The smallest absolute Gasteiger partial charge is 0.323 e. The number of carbonyl (C=O) groups is 1. The summed E-state index contributed by atoms with van der Waals surface area (Å²) >= 11 is 0. The molecule has 0 radical (unpaired) electrons. The third-order valence-corrected chi connectivity index (χ3v) is 4.63. The molecule has 2 heterocycles. The van der Waals surface area contributed by atoms with Crippen molar-refractivity contribution in [3.8, 4) is 17.2 Å². The zero-order valence-corrected chi connectivity index (χ0v) is 14.3. The lowest BCUT2D eigenvalue weighted by molar-refractivity contribution is -0.142. The Bertz CT molecular complexity index is 630. The lowest BCUT2D eigenvalue weighted by Crippen LogP contribution is -2.41. The number of hydrogen-bond acceptors (Lipinski definition) is 6. The van der Waals surface area contributed by atoms with Crippen LogP contribution < -0.4 is 14.2 Å². The lowest BCUT2D eigenvalue weighted by atomic mass is 9.96. The fourth-order valence-corrected chi connectivity index (χ4v) is 3.33. The highest BCUT2D eigenvalue weighted by atomic mass is 16.5. The fourth-order valence-electron chi connectivity index (χ4n) is 3.33. The first kappa shape index (κ1) is 16.6. The Morgan fingerprint density at radius 1 is 1.12 bits per heavy atom. The Balaban J connectivity index is 1.87. The molecule has 1 atom stereocenters. The molecule has 2 aliphatic heterocycles. The molecule has 1 aromatic carbocycles. The van der Waals surface area contributed by atoms with E-state index in [2.05, 4.69) is 11.0 Å². The number of ether oxygens (including phenoxy) is 4. The first-order valence-corrected chi connectivity index (χ1v) is 8.08. The standard InChI is InChI=1S/C18H23NO5/c1-21-13-10-15(22-2)17(16(11-13)23-3)12-4-7-19(8-5-12)14-6-9-24-18(14)20/h4,10-11,14H,5-9H2,1-3H3. The van der Waals surface area contributed by atoms with Crippen molar-refractivity contribution in [1.82, 2.24) is 4.90 Å². The van der Waals surface area contributed by atoms with E-state index in [1.54, 1.807) is 21.3 Å². The maximum atomic E-state index is 11.8. The van der Waals surface area contributed by atoms with Crippen LogP contribution in [0.5, 0.6) is 17.2 Å². The van der Waals surface area contributed by atoms with E-state index in [0.717, 1.165) is 42.0 Å². The second-order valence-corrected chi connectivity index (χ2v) is 5.85. The Morgan fingerprint density at radius 2 is 1.83 bits per heavy atom. The van der Waals surface area contributed by atoms with E-state index in [0.29, 0.717) is 18.9 Å². The average Bonchev–Trinajstić information content (AvgIpc) is 3.06. The molecule has 1 unspecified atom stereocenters. The zero-order chi connectivity index (χ0) is 17.1. The summed E-state index contributed by atoms with van der Waals surface area (Å²) in [6.07, 6.45) is 3.74. The van der Waals surface area contributed by atoms with Crippen LogP contribution in [0.1, 0.15) is 18.4 Å². The molecule has 24 heavy (non-hydrogen) atoms. The summed E-state index contributed by atoms with van der Waals surface area (Å²) < 4.78 is 21.4. The molecule has 0 aromatic heterocycles. The number of esters is 1. The van der Waals surface area contributed by atoms with Crippen LogP contribution in [0, 0.1) is 0 Å². The molecule has 0 amide bonds. The highest BCUT2D eigenvalue weighted by Gasteiger charge is 2.33. The Labute approximate surface area is 141 Å². The van der Waals surface area contributed by atoms with Crippen molar-refractivity contribution in [2.75, 3.05) is 41.0 Å². The Morgan fingerprint density at radius 3 is 2.29 bits per heavy atom. The molecular formula is C18H23NO5. The Hall–Kier alpha value is -2.21. The van der Waals surface area contributed by atoms with Gasteiger partial charge in [-0.15, -0.1) is 0 Å². The molecule has 2 aliphatic rings. The van der Waals surface area contributed by atoms with Gasteiger partial charge in [-0.25, -0.2) is 0 Å². The first-order chi connectivity index (χ1) is 11.7. The van der Waals surface area contributed by atoms with Crippen molar-refractivity contribution in [1.29, 1.82) is 0 Å². The predicted octanol–water partition coefficient (Wildman–Crippen LogP) is 2.12. The number of cyclic esters (lactones) is 1. The maximum absolute atomic E-state index is 11.8. The minimum absolute atomic E-state index is 0.105. The van der Waals surface area contributed by atoms with Gasteiger partial charge in [0.1, 0.15) is 23.3 Å². The van der Waals surface area contributed by atoms with Gasteiger partial charge >= 0.3 is 5.97 Å². The number of hydrogen-bond donors (Lipinski definition) is 0. The van der Waals surface area contributed by atoms with Gasteiger partial charge in [0.25, 0.3) is 0 Å². The van der Waals surface area contributed by atoms with Gasteiger partial charge in [-0.2, -0.15) is 0 Å². The molecule has 0 N–H and O–H groups in total. The topological polar surface area (TPSA) is 57.2 Å². The quantitative estimate of drug-likeness (QED) is 0.769. The molecule has 0 bridgehead atoms. The largest absolute Gasteiger partial charge is 0.496 e. The van der Waals surface area contributed by atoms with Crippen LogP contribution in [-0.2, 0) is 9.53 Å². The van der Waals surface area contributed by atoms with E-state index < -0.39 is 0 Å². The highest BCUT2D eigenvalue weighted by molar-refractivity contribution is 5.79. The molecule has 6 heteroatoms. The molecule has 1 fully saturated rings. The average molecular weight is 333 g/mol. The van der Waals surface area contributed by atoms with Crippen LogP contribution in [0.25, 0.3) is 5.57 Å². The third kappa shape index (κ3) is 3.06. The number of carbonyl (C=O) groups excluding carboxylic acids is 1. The van der Waals surface area contributed by atoms with Gasteiger partial charge in [0, 0.05) is 31.6 Å². The number of nitrogens with zero attached hydrogens (tertiary/aromatic N) is 1. The summed E-state index contributed by atoms with van der Waals surface area (Å²) in [6, 6.07) is 3.61. The molecular weight excluding hydrogens is 310 g/mol. The number of benzene rings is 1. The van der Waals surface area contributed by atoms with Crippen LogP contribution in [-0.4, -0.2) is 57.9 Å². The maximum Gasteiger partial charge on any atom is 0.323 e. The fraction of sp³-hybridized carbons (Fsp3) is 0.500. The predicted molar refractivity (Wildman–Crippen MR) is 89.6 cm³/mol. The van der Waals surface area contributed by atoms with Crippen molar-refractivity contribution in [3.05, 3.63) is 23.8 Å². The van der Waals surface area contributed by atoms with Gasteiger partial charge in [0.15, 0.2) is 0 Å². The van der Waals surface area contributed by atoms with Crippen LogP contribution in [0.4, 0.5) is 0 Å². The SMILES string of the molecule is COc1cc(OC)c(C2=CCN(C3CCOC3=O)CC2)c(OC)c1. The molecule has 0 saturated carbocycles. The van der Waals surface area contributed by atoms with Crippen molar-refractivity contribution < 1.29 is 23.7 Å². The summed E-state index contributed by atoms with van der Waals surface area (Å²) in [7, 11) is 4.90. The first-order valence-electron chi connectivity index (χ1n) is 8.08. The van der Waals surface area contributed by atoms with Crippen LogP contribution >= 0.6 is 0 Å². The molecule has 3 rings (SSSR count). The second kappa shape index (κ2) is 7.13. The minimum atomic E-state index is -0.109. The highest BCUT2D eigenvalue weighted by Crippen LogP contribution is 2.41. The van der Waals surface area contributed by atoms with E-state index in [-0.39, 0.29) is 12.0 Å². The summed E-state index contributed by atoms with van der Waals surface area (Å²) in [4.78, 5) is 13.9. The van der Waals surface area contributed by atoms with Gasteiger partial charge in [0.2, 0.25) is 0 Å². The van der Waals surface area contributed by atoms with Crippen molar-refractivity contribution in [2.24, 2.45) is 0 Å². The molecule has 6 nitrogen and oxygen atoms in total. The van der Waals surface area contributed by atoms with Crippen LogP contribution in [0.15, 0.2) is 18.2 Å². The second-order valence-electron chi connectivity index (χ2n) is 5.85. The van der Waals surface area contributed by atoms with E-state index in [9.17, 15) is 4.79 Å². The summed E-state index contributed by atoms with van der Waals surface area (Å²) in [6.45, 7) is 2.05. The van der Waals surface area contributed by atoms with Gasteiger partial charge in [-0.1, -0.05) is 6.08 Å². The number of rotatable bonds is 5. The van der Waals surface area contributed by atoms with E-state index >= 15 is 0 Å². The molecule has 1 aromatic rings. The normalized spacial score (nSPS) is 21.2. The van der Waals surface area contributed by atoms with E-state index in [1.165, 1.54) is 0 Å². The van der Waals surface area contributed by atoms with Gasteiger partial charge in [-0.3, -0.25) is 9.69 Å². The van der Waals surface area contributed by atoms with Crippen molar-refractivity contribution >= 4 is 11.5 Å². The van der Waals surface area contributed by atoms with Crippen molar-refractivity contribution in [3.63, 3.8) is 0 Å². The number of methoxy groups -OCH3 is 3. The van der Waals surface area contributed by atoms with Crippen molar-refractivity contribution in [2.45, 2.75) is 18.9 Å². The summed E-state index contributed by atoms with van der Waals surface area (Å²) in [5.74, 6) is 2.04. The lowest BCUT2D eigenvalue weighted by Gasteiger charge is -2.30. The minimum Gasteiger partial charge on any atom is -0.496 e. The third-order valence-electron chi connectivity index (χ3n) is 4.63. The van der Waals surface area contributed by atoms with Gasteiger partial charge in [0.05, 0.1) is 33.5 Å². The molecule has 0 aliphatic carbocycles. The summed E-state index contributed by atoms with van der Waals surface area (Å²) in [5.41, 5.74) is 2.11. The van der Waals surface area contributed by atoms with Gasteiger partial charge < -0.3 is 18.9 Å². The van der Waals surface area contributed by atoms with Gasteiger partial charge in [-0.05, 0) is 12.0 Å². The zero-order valence-electron chi connectivity index (χ0n) is 14.3.